The van der Waals surface area contributed by atoms with Crippen LogP contribution in [0.3, 0.4) is 0 Å². The van der Waals surface area contributed by atoms with E-state index < -0.39 is 22.0 Å². The van der Waals surface area contributed by atoms with Crippen molar-refractivity contribution in [3.8, 4) is 11.5 Å². The summed E-state index contributed by atoms with van der Waals surface area (Å²) < 4.78 is 37.2. The highest BCUT2D eigenvalue weighted by molar-refractivity contribution is 7.89. The maximum absolute atomic E-state index is 12.3. The first-order valence-electron chi connectivity index (χ1n) is 7.47. The summed E-state index contributed by atoms with van der Waals surface area (Å²) in [5, 5.41) is 2.64. The van der Waals surface area contributed by atoms with E-state index in [0.29, 0.717) is 17.2 Å². The molecule has 2 N–H and O–H groups in total. The Bertz CT molecular complexity index is 837. The van der Waals surface area contributed by atoms with Crippen molar-refractivity contribution in [1.82, 2.24) is 4.72 Å². The first-order valence-corrected chi connectivity index (χ1v) is 8.96. The molecule has 0 aliphatic rings. The van der Waals surface area contributed by atoms with Crippen molar-refractivity contribution < 1.29 is 22.7 Å². The Morgan fingerprint density at radius 3 is 2.24 bits per heavy atom. The average Bonchev–Trinajstić information content (AvgIpc) is 2.61. The van der Waals surface area contributed by atoms with Crippen molar-refractivity contribution in [3.05, 3.63) is 48.5 Å². The van der Waals surface area contributed by atoms with Gasteiger partial charge in [0.05, 0.1) is 25.2 Å². The molecule has 1 amide bonds. The van der Waals surface area contributed by atoms with Crippen LogP contribution in [0.15, 0.2) is 53.4 Å². The van der Waals surface area contributed by atoms with Gasteiger partial charge in [-0.15, -0.1) is 0 Å². The van der Waals surface area contributed by atoms with Crippen LogP contribution in [0.4, 0.5) is 5.69 Å². The number of hydrogen-bond acceptors (Lipinski definition) is 5. The van der Waals surface area contributed by atoms with E-state index in [1.807, 2.05) is 0 Å². The number of anilines is 1. The van der Waals surface area contributed by atoms with E-state index in [2.05, 4.69) is 10.0 Å². The first kappa shape index (κ1) is 18.8. The third-order valence-electron chi connectivity index (χ3n) is 3.43. The summed E-state index contributed by atoms with van der Waals surface area (Å²) in [6.07, 6.45) is 0. The Labute approximate surface area is 147 Å². The van der Waals surface area contributed by atoms with Gasteiger partial charge in [-0.2, -0.15) is 4.72 Å². The standard InChI is InChI=1S/C17H20N2O5S/c1-12(19-25(21,22)14-7-5-4-6-8-14)17(20)18-13-9-10-15(23-2)16(11-13)24-3/h4-12,19H,1-3H3,(H,18,20)/t12-/m1/s1. The third kappa shape index (κ3) is 4.71. The largest absolute Gasteiger partial charge is 0.493 e. The second kappa shape index (κ2) is 8.00. The van der Waals surface area contributed by atoms with Gasteiger partial charge in [0.15, 0.2) is 11.5 Å². The lowest BCUT2D eigenvalue weighted by Gasteiger charge is -2.15. The average molecular weight is 364 g/mol. The lowest BCUT2D eigenvalue weighted by Crippen LogP contribution is -2.41. The van der Waals surface area contributed by atoms with Gasteiger partial charge >= 0.3 is 0 Å². The summed E-state index contributed by atoms with van der Waals surface area (Å²) in [4.78, 5) is 12.4. The van der Waals surface area contributed by atoms with E-state index in [4.69, 9.17) is 9.47 Å². The monoisotopic (exact) mass is 364 g/mol. The van der Waals surface area contributed by atoms with Crippen LogP contribution in [0.5, 0.6) is 11.5 Å². The van der Waals surface area contributed by atoms with Gasteiger partial charge in [-0.25, -0.2) is 8.42 Å². The normalized spacial score (nSPS) is 12.3. The number of benzene rings is 2. The van der Waals surface area contributed by atoms with E-state index >= 15 is 0 Å². The van der Waals surface area contributed by atoms with Crippen LogP contribution in [0.2, 0.25) is 0 Å². The molecule has 0 aliphatic carbocycles. The SMILES string of the molecule is COc1ccc(NC(=O)[C@@H](C)NS(=O)(=O)c2ccccc2)cc1OC. The van der Waals surface area contributed by atoms with Gasteiger partial charge in [0, 0.05) is 11.8 Å². The summed E-state index contributed by atoms with van der Waals surface area (Å²) in [5.41, 5.74) is 0.466. The lowest BCUT2D eigenvalue weighted by molar-refractivity contribution is -0.117. The number of ether oxygens (including phenoxy) is 2. The van der Waals surface area contributed by atoms with Crippen molar-refractivity contribution in [3.63, 3.8) is 0 Å². The minimum Gasteiger partial charge on any atom is -0.493 e. The molecule has 8 heteroatoms. The van der Waals surface area contributed by atoms with Gasteiger partial charge < -0.3 is 14.8 Å². The van der Waals surface area contributed by atoms with E-state index in [-0.39, 0.29) is 4.90 Å². The predicted octanol–water partition coefficient (Wildman–Crippen LogP) is 2.01. The van der Waals surface area contributed by atoms with Crippen LogP contribution in [-0.2, 0) is 14.8 Å². The van der Waals surface area contributed by atoms with Crippen molar-refractivity contribution in [2.45, 2.75) is 17.9 Å². The van der Waals surface area contributed by atoms with Crippen LogP contribution >= 0.6 is 0 Å². The number of carbonyl (C=O) groups is 1. The number of nitrogens with one attached hydrogen (secondary N) is 2. The molecule has 0 unspecified atom stereocenters. The topological polar surface area (TPSA) is 93.7 Å². The molecule has 0 fully saturated rings. The van der Waals surface area contributed by atoms with Gasteiger partial charge in [-0.05, 0) is 31.2 Å². The molecule has 0 saturated carbocycles. The van der Waals surface area contributed by atoms with E-state index in [9.17, 15) is 13.2 Å². The molecule has 0 radical (unpaired) electrons. The zero-order valence-corrected chi connectivity index (χ0v) is 15.0. The number of sulfonamides is 1. The number of carbonyl (C=O) groups excluding carboxylic acids is 1. The van der Waals surface area contributed by atoms with Crippen molar-refractivity contribution in [2.75, 3.05) is 19.5 Å². The maximum atomic E-state index is 12.3. The lowest BCUT2D eigenvalue weighted by atomic mass is 10.2. The summed E-state index contributed by atoms with van der Waals surface area (Å²) in [7, 11) is -0.779. The molecule has 0 bridgehead atoms. The summed E-state index contributed by atoms with van der Waals surface area (Å²) in [5.74, 6) is 0.489. The fourth-order valence-corrected chi connectivity index (χ4v) is 3.34. The summed E-state index contributed by atoms with van der Waals surface area (Å²) in [6.45, 7) is 1.47. The van der Waals surface area contributed by atoms with Gasteiger partial charge in [0.25, 0.3) is 0 Å². The molecule has 0 aromatic heterocycles. The Kier molecular flexibility index (Phi) is 6.00. The molecule has 0 aliphatic heterocycles. The second-order valence-corrected chi connectivity index (χ2v) is 6.93. The molecular weight excluding hydrogens is 344 g/mol. The van der Waals surface area contributed by atoms with Crippen LogP contribution < -0.4 is 19.5 Å². The van der Waals surface area contributed by atoms with Crippen LogP contribution in [0, 0.1) is 0 Å². The molecule has 2 aromatic rings. The van der Waals surface area contributed by atoms with Crippen LogP contribution in [0.25, 0.3) is 0 Å². The van der Waals surface area contributed by atoms with Gasteiger partial charge in [-0.1, -0.05) is 18.2 Å². The van der Waals surface area contributed by atoms with Crippen molar-refractivity contribution in [1.29, 1.82) is 0 Å². The zero-order valence-electron chi connectivity index (χ0n) is 14.1. The summed E-state index contributed by atoms with van der Waals surface area (Å²) in [6, 6.07) is 11.8. The van der Waals surface area contributed by atoms with Gasteiger partial charge in [0.1, 0.15) is 0 Å². The Morgan fingerprint density at radius 2 is 1.64 bits per heavy atom. The highest BCUT2D eigenvalue weighted by atomic mass is 32.2. The molecule has 2 aromatic carbocycles. The van der Waals surface area contributed by atoms with Crippen LogP contribution in [0.1, 0.15) is 6.92 Å². The molecule has 7 nitrogen and oxygen atoms in total. The molecule has 2 rings (SSSR count). The minimum atomic E-state index is -3.78. The van der Waals surface area contributed by atoms with Crippen LogP contribution in [-0.4, -0.2) is 34.6 Å². The first-order chi connectivity index (χ1) is 11.9. The fraction of sp³-hybridized carbons (Fsp3) is 0.235. The number of amides is 1. The van der Waals surface area contributed by atoms with Crippen molar-refractivity contribution >= 4 is 21.6 Å². The highest BCUT2D eigenvalue weighted by Gasteiger charge is 2.22. The molecule has 134 valence electrons. The van der Waals surface area contributed by atoms with Crippen molar-refractivity contribution in [2.24, 2.45) is 0 Å². The maximum Gasteiger partial charge on any atom is 0.242 e. The molecule has 0 heterocycles. The third-order valence-corrected chi connectivity index (χ3v) is 4.99. The zero-order chi connectivity index (χ0) is 18.4. The minimum absolute atomic E-state index is 0.0979. The van der Waals surface area contributed by atoms with Gasteiger partial charge in [0.2, 0.25) is 15.9 Å². The molecule has 25 heavy (non-hydrogen) atoms. The number of rotatable bonds is 7. The number of methoxy groups -OCH3 is 2. The predicted molar refractivity (Wildman–Crippen MR) is 94.4 cm³/mol. The Morgan fingerprint density at radius 1 is 1.00 bits per heavy atom. The van der Waals surface area contributed by atoms with E-state index in [0.717, 1.165) is 0 Å². The smallest absolute Gasteiger partial charge is 0.242 e. The molecule has 0 saturated heterocycles. The highest BCUT2D eigenvalue weighted by Crippen LogP contribution is 2.29. The quantitative estimate of drug-likeness (QED) is 0.784. The Balaban J connectivity index is 2.08. The van der Waals surface area contributed by atoms with E-state index in [1.165, 1.54) is 33.3 Å². The molecule has 1 atom stereocenters. The summed E-state index contributed by atoms with van der Waals surface area (Å²) >= 11 is 0. The Hall–Kier alpha value is -2.58. The van der Waals surface area contributed by atoms with Gasteiger partial charge in [-0.3, -0.25) is 4.79 Å². The fourth-order valence-electron chi connectivity index (χ4n) is 2.12. The number of hydrogen-bond donors (Lipinski definition) is 2. The molecular formula is C17H20N2O5S. The van der Waals surface area contributed by atoms with E-state index in [1.54, 1.807) is 36.4 Å². The second-order valence-electron chi connectivity index (χ2n) is 5.22. The molecule has 0 spiro atoms.